The molecule has 3 rings (SSSR count). The van der Waals surface area contributed by atoms with Crippen LogP contribution in [0.2, 0.25) is 5.02 Å². The van der Waals surface area contributed by atoms with E-state index in [9.17, 15) is 4.79 Å². The van der Waals surface area contributed by atoms with Crippen LogP contribution in [0.3, 0.4) is 0 Å². The van der Waals surface area contributed by atoms with Gasteiger partial charge in [-0.2, -0.15) is 0 Å². The Labute approximate surface area is 151 Å². The molecule has 2 aromatic heterocycles. The van der Waals surface area contributed by atoms with Gasteiger partial charge in [-0.05, 0) is 31.2 Å². The number of thioether (sulfide) groups is 1. The number of hydrogen-bond donors (Lipinski definition) is 1. The summed E-state index contributed by atoms with van der Waals surface area (Å²) in [4.78, 5) is 11.9. The lowest BCUT2D eigenvalue weighted by atomic mass is 10.1. The van der Waals surface area contributed by atoms with Crippen molar-refractivity contribution in [2.75, 3.05) is 5.75 Å². The number of carbonyl (C=O) groups is 1. The number of aromatic nitrogens is 3. The van der Waals surface area contributed by atoms with Gasteiger partial charge in [0.15, 0.2) is 10.1 Å². The summed E-state index contributed by atoms with van der Waals surface area (Å²) in [6, 6.07) is 9.07. The molecule has 0 unspecified atom stereocenters. The SMILES string of the molecule is Cc1nnc(SCC(=O)NCc2cc(-c3ccc(Cl)cc3)on2)s1. The van der Waals surface area contributed by atoms with E-state index in [0.717, 1.165) is 14.9 Å². The lowest BCUT2D eigenvalue weighted by molar-refractivity contribution is -0.118. The van der Waals surface area contributed by atoms with Gasteiger partial charge in [0.2, 0.25) is 5.91 Å². The lowest BCUT2D eigenvalue weighted by Gasteiger charge is -2.00. The molecule has 2 heterocycles. The molecule has 0 spiro atoms. The molecule has 0 aliphatic rings. The van der Waals surface area contributed by atoms with Crippen LogP contribution in [0.4, 0.5) is 0 Å². The van der Waals surface area contributed by atoms with Crippen molar-refractivity contribution in [3.05, 3.63) is 46.1 Å². The number of nitrogens with one attached hydrogen (secondary N) is 1. The molecule has 6 nitrogen and oxygen atoms in total. The molecular formula is C15H13ClN4O2S2. The van der Waals surface area contributed by atoms with E-state index in [1.54, 1.807) is 18.2 Å². The number of halogens is 1. The number of nitrogens with zero attached hydrogens (tertiary/aromatic N) is 3. The van der Waals surface area contributed by atoms with E-state index in [1.807, 2.05) is 19.1 Å². The van der Waals surface area contributed by atoms with Crippen molar-refractivity contribution in [2.24, 2.45) is 0 Å². The zero-order valence-corrected chi connectivity index (χ0v) is 15.0. The van der Waals surface area contributed by atoms with Gasteiger partial charge in [0, 0.05) is 16.7 Å². The van der Waals surface area contributed by atoms with Crippen LogP contribution in [-0.2, 0) is 11.3 Å². The number of benzene rings is 1. The summed E-state index contributed by atoms with van der Waals surface area (Å²) in [5.74, 6) is 0.829. The van der Waals surface area contributed by atoms with E-state index in [4.69, 9.17) is 16.1 Å². The normalized spacial score (nSPS) is 10.8. The molecule has 1 N–H and O–H groups in total. The number of amides is 1. The predicted molar refractivity (Wildman–Crippen MR) is 94.2 cm³/mol. The zero-order valence-electron chi connectivity index (χ0n) is 12.7. The molecule has 0 bridgehead atoms. The first-order valence-corrected chi connectivity index (χ1v) is 9.19. The van der Waals surface area contributed by atoms with Gasteiger partial charge in [0.25, 0.3) is 0 Å². The molecule has 9 heteroatoms. The van der Waals surface area contributed by atoms with Crippen LogP contribution in [0.1, 0.15) is 10.7 Å². The Balaban J connectivity index is 1.49. The third-order valence-corrected chi connectivity index (χ3v) is 5.21. The Hall–Kier alpha value is -1.90. The highest BCUT2D eigenvalue weighted by Gasteiger charge is 2.10. The van der Waals surface area contributed by atoms with Gasteiger partial charge in [0.1, 0.15) is 10.7 Å². The van der Waals surface area contributed by atoms with Crippen LogP contribution in [0, 0.1) is 6.92 Å². The maximum atomic E-state index is 11.9. The summed E-state index contributed by atoms with van der Waals surface area (Å²) in [6.07, 6.45) is 0. The first-order valence-electron chi connectivity index (χ1n) is 7.01. The molecule has 1 aromatic carbocycles. The molecule has 0 saturated heterocycles. The fourth-order valence-corrected chi connectivity index (χ4v) is 3.62. The molecular weight excluding hydrogens is 368 g/mol. The Morgan fingerprint density at radius 2 is 2.12 bits per heavy atom. The molecule has 24 heavy (non-hydrogen) atoms. The quantitative estimate of drug-likeness (QED) is 0.658. The Kier molecular flexibility index (Phi) is 5.49. The van der Waals surface area contributed by atoms with Crippen LogP contribution in [0.15, 0.2) is 39.2 Å². The second-order valence-electron chi connectivity index (χ2n) is 4.84. The topological polar surface area (TPSA) is 80.9 Å². The third kappa shape index (κ3) is 4.56. The Morgan fingerprint density at radius 1 is 1.33 bits per heavy atom. The molecule has 0 radical (unpaired) electrons. The smallest absolute Gasteiger partial charge is 0.230 e. The highest BCUT2D eigenvalue weighted by Crippen LogP contribution is 2.23. The minimum atomic E-state index is -0.0936. The monoisotopic (exact) mass is 380 g/mol. The van der Waals surface area contributed by atoms with Gasteiger partial charge in [-0.1, -0.05) is 39.9 Å². The van der Waals surface area contributed by atoms with E-state index in [2.05, 4.69) is 20.7 Å². The van der Waals surface area contributed by atoms with Crippen molar-refractivity contribution in [2.45, 2.75) is 17.8 Å². The number of aryl methyl sites for hydroxylation is 1. The summed E-state index contributed by atoms with van der Waals surface area (Å²) in [7, 11) is 0. The van der Waals surface area contributed by atoms with Gasteiger partial charge in [-0.3, -0.25) is 4.79 Å². The molecule has 0 atom stereocenters. The second-order valence-corrected chi connectivity index (χ2v) is 7.68. The van der Waals surface area contributed by atoms with Crippen molar-refractivity contribution >= 4 is 40.6 Å². The first-order chi connectivity index (χ1) is 11.6. The van der Waals surface area contributed by atoms with Crippen LogP contribution >= 0.6 is 34.7 Å². The van der Waals surface area contributed by atoms with E-state index in [1.165, 1.54) is 23.1 Å². The van der Waals surface area contributed by atoms with Gasteiger partial charge in [-0.25, -0.2) is 0 Å². The van der Waals surface area contributed by atoms with Crippen LogP contribution in [0.5, 0.6) is 0 Å². The Morgan fingerprint density at radius 3 is 2.83 bits per heavy atom. The highest BCUT2D eigenvalue weighted by atomic mass is 35.5. The van der Waals surface area contributed by atoms with Crippen LogP contribution in [-0.4, -0.2) is 27.0 Å². The summed E-state index contributed by atoms with van der Waals surface area (Å²) < 4.78 is 6.07. The largest absolute Gasteiger partial charge is 0.356 e. The van der Waals surface area contributed by atoms with E-state index < -0.39 is 0 Å². The first kappa shape index (κ1) is 16.9. The van der Waals surface area contributed by atoms with E-state index in [0.29, 0.717) is 23.0 Å². The van der Waals surface area contributed by atoms with Crippen LogP contribution < -0.4 is 5.32 Å². The standard InChI is InChI=1S/C15H13ClN4O2S2/c1-9-18-19-15(24-9)23-8-14(21)17-7-12-6-13(22-20-12)10-2-4-11(16)5-3-10/h2-6H,7-8H2,1H3,(H,17,21). The summed E-state index contributed by atoms with van der Waals surface area (Å²) in [6.45, 7) is 2.19. The molecule has 0 aliphatic carbocycles. The van der Waals surface area contributed by atoms with Crippen molar-refractivity contribution < 1.29 is 9.32 Å². The van der Waals surface area contributed by atoms with Gasteiger partial charge in [0.05, 0.1) is 12.3 Å². The average molecular weight is 381 g/mol. The Bertz CT molecular complexity index is 832. The van der Waals surface area contributed by atoms with Gasteiger partial charge in [-0.15, -0.1) is 10.2 Å². The van der Waals surface area contributed by atoms with Gasteiger partial charge >= 0.3 is 0 Å². The molecule has 0 aliphatic heterocycles. The van der Waals surface area contributed by atoms with Crippen molar-refractivity contribution in [1.82, 2.24) is 20.7 Å². The minimum Gasteiger partial charge on any atom is -0.356 e. The summed E-state index contributed by atoms with van der Waals surface area (Å²) in [5.41, 5.74) is 1.54. The fourth-order valence-electron chi connectivity index (χ4n) is 1.85. The summed E-state index contributed by atoms with van der Waals surface area (Å²) in [5, 5.41) is 16.2. The van der Waals surface area contributed by atoms with E-state index >= 15 is 0 Å². The van der Waals surface area contributed by atoms with Crippen molar-refractivity contribution in [3.63, 3.8) is 0 Å². The average Bonchev–Trinajstić information content (AvgIpc) is 3.21. The highest BCUT2D eigenvalue weighted by molar-refractivity contribution is 8.01. The maximum absolute atomic E-state index is 11.9. The van der Waals surface area contributed by atoms with Crippen molar-refractivity contribution in [1.29, 1.82) is 0 Å². The number of rotatable bonds is 6. The zero-order chi connectivity index (χ0) is 16.9. The van der Waals surface area contributed by atoms with Crippen LogP contribution in [0.25, 0.3) is 11.3 Å². The molecule has 1 amide bonds. The number of carbonyl (C=O) groups excluding carboxylic acids is 1. The molecule has 0 fully saturated rings. The maximum Gasteiger partial charge on any atom is 0.230 e. The fraction of sp³-hybridized carbons (Fsp3) is 0.200. The molecule has 0 saturated carbocycles. The molecule has 124 valence electrons. The third-order valence-electron chi connectivity index (χ3n) is 2.99. The number of hydrogen-bond acceptors (Lipinski definition) is 7. The minimum absolute atomic E-state index is 0.0936. The lowest BCUT2D eigenvalue weighted by Crippen LogP contribution is -2.24. The van der Waals surface area contributed by atoms with E-state index in [-0.39, 0.29) is 11.7 Å². The second kappa shape index (κ2) is 7.78. The van der Waals surface area contributed by atoms with Gasteiger partial charge < -0.3 is 9.84 Å². The van der Waals surface area contributed by atoms with Crippen molar-refractivity contribution in [3.8, 4) is 11.3 Å². The summed E-state index contributed by atoms with van der Waals surface area (Å²) >= 11 is 8.70. The molecule has 3 aromatic rings. The predicted octanol–water partition coefficient (Wildman–Crippen LogP) is 3.56.